The number of aromatic nitrogens is 2. The van der Waals surface area contributed by atoms with Gasteiger partial charge in [-0.15, -0.1) is 0 Å². The fourth-order valence-corrected chi connectivity index (χ4v) is 2.76. The number of benzene rings is 1. The Morgan fingerprint density at radius 2 is 2.13 bits per heavy atom. The summed E-state index contributed by atoms with van der Waals surface area (Å²) in [5.41, 5.74) is 0.407. The maximum absolute atomic E-state index is 13.4. The summed E-state index contributed by atoms with van der Waals surface area (Å²) in [7, 11) is 0. The van der Waals surface area contributed by atoms with Gasteiger partial charge < -0.3 is 10.2 Å². The van der Waals surface area contributed by atoms with E-state index in [1.54, 1.807) is 24.5 Å². The zero-order chi connectivity index (χ0) is 16.2. The maximum Gasteiger partial charge on any atom is 0.229 e. The minimum Gasteiger partial charge on any atom is -0.340 e. The van der Waals surface area contributed by atoms with Crippen LogP contribution >= 0.6 is 11.6 Å². The summed E-state index contributed by atoms with van der Waals surface area (Å²) in [5.74, 6) is -0.242. The van der Waals surface area contributed by atoms with E-state index in [0.29, 0.717) is 18.2 Å². The van der Waals surface area contributed by atoms with Gasteiger partial charge in [0.2, 0.25) is 11.9 Å². The molecule has 1 saturated heterocycles. The summed E-state index contributed by atoms with van der Waals surface area (Å²) in [4.78, 5) is 22.8. The molecule has 5 nitrogen and oxygen atoms in total. The van der Waals surface area contributed by atoms with Crippen molar-refractivity contribution in [1.29, 1.82) is 0 Å². The van der Waals surface area contributed by atoms with E-state index in [2.05, 4.69) is 15.3 Å². The maximum atomic E-state index is 13.4. The normalized spacial score (nSPS) is 17.8. The minimum atomic E-state index is -0.549. The number of piperidine rings is 1. The van der Waals surface area contributed by atoms with Crippen LogP contribution in [-0.2, 0) is 4.79 Å². The van der Waals surface area contributed by atoms with Crippen LogP contribution in [0.4, 0.5) is 16.0 Å². The lowest BCUT2D eigenvalue weighted by molar-refractivity contribution is -0.120. The van der Waals surface area contributed by atoms with Crippen LogP contribution < -0.4 is 10.2 Å². The summed E-state index contributed by atoms with van der Waals surface area (Å²) < 4.78 is 13.4. The van der Waals surface area contributed by atoms with Gasteiger partial charge in [0, 0.05) is 31.2 Å². The Morgan fingerprint density at radius 1 is 1.35 bits per heavy atom. The molecule has 1 aliphatic heterocycles. The second kappa shape index (κ2) is 6.91. The van der Waals surface area contributed by atoms with Gasteiger partial charge in [-0.25, -0.2) is 14.4 Å². The molecule has 0 aliphatic carbocycles. The smallest absolute Gasteiger partial charge is 0.229 e. The first-order valence-corrected chi connectivity index (χ1v) is 7.79. The van der Waals surface area contributed by atoms with Crippen LogP contribution in [0.15, 0.2) is 36.7 Å². The Labute approximate surface area is 138 Å². The van der Waals surface area contributed by atoms with Crippen molar-refractivity contribution in [2.75, 3.05) is 23.3 Å². The molecule has 1 amide bonds. The van der Waals surface area contributed by atoms with E-state index in [0.717, 1.165) is 19.4 Å². The molecule has 1 N–H and O–H groups in total. The highest BCUT2D eigenvalue weighted by atomic mass is 35.5. The van der Waals surface area contributed by atoms with Crippen molar-refractivity contribution in [2.45, 2.75) is 12.8 Å². The first kappa shape index (κ1) is 15.7. The molecule has 1 aromatic carbocycles. The number of hydrogen-bond acceptors (Lipinski definition) is 4. The van der Waals surface area contributed by atoms with E-state index in [9.17, 15) is 9.18 Å². The Hall–Kier alpha value is -2.21. The quantitative estimate of drug-likeness (QED) is 0.937. The first-order chi connectivity index (χ1) is 11.1. The second-order valence-electron chi connectivity index (χ2n) is 5.45. The van der Waals surface area contributed by atoms with Crippen molar-refractivity contribution in [3.05, 3.63) is 47.5 Å². The van der Waals surface area contributed by atoms with Crippen LogP contribution in [0.5, 0.6) is 0 Å². The summed E-state index contributed by atoms with van der Waals surface area (Å²) in [6.07, 6.45) is 5.03. The van der Waals surface area contributed by atoms with Gasteiger partial charge in [0.25, 0.3) is 0 Å². The predicted molar refractivity (Wildman–Crippen MR) is 87.0 cm³/mol. The molecule has 2 heterocycles. The SMILES string of the molecule is O=C(Nc1ccc(Cl)c(F)c1)C1CCCN(c2ncccn2)C1. The number of carbonyl (C=O) groups is 1. The summed E-state index contributed by atoms with van der Waals surface area (Å²) >= 11 is 5.64. The molecular weight excluding hydrogens is 319 g/mol. The molecule has 0 saturated carbocycles. The van der Waals surface area contributed by atoms with E-state index in [4.69, 9.17) is 11.6 Å². The number of nitrogens with zero attached hydrogens (tertiary/aromatic N) is 3. The van der Waals surface area contributed by atoms with Gasteiger partial charge in [-0.3, -0.25) is 4.79 Å². The molecule has 120 valence electrons. The average Bonchev–Trinajstić information content (AvgIpc) is 2.59. The molecule has 23 heavy (non-hydrogen) atoms. The number of halogens is 2. The van der Waals surface area contributed by atoms with E-state index < -0.39 is 5.82 Å². The third-order valence-electron chi connectivity index (χ3n) is 3.81. The van der Waals surface area contributed by atoms with E-state index >= 15 is 0 Å². The van der Waals surface area contributed by atoms with E-state index in [1.165, 1.54) is 12.1 Å². The van der Waals surface area contributed by atoms with Crippen LogP contribution in [0.2, 0.25) is 5.02 Å². The molecule has 7 heteroatoms. The largest absolute Gasteiger partial charge is 0.340 e. The molecule has 1 fully saturated rings. The van der Waals surface area contributed by atoms with Crippen LogP contribution in [0, 0.1) is 11.7 Å². The number of nitrogens with one attached hydrogen (secondary N) is 1. The number of anilines is 2. The molecule has 1 aliphatic rings. The lowest BCUT2D eigenvalue weighted by Gasteiger charge is -2.31. The first-order valence-electron chi connectivity index (χ1n) is 7.41. The monoisotopic (exact) mass is 334 g/mol. The highest BCUT2D eigenvalue weighted by Gasteiger charge is 2.27. The summed E-state index contributed by atoms with van der Waals surface area (Å²) in [6, 6.07) is 6.00. The van der Waals surface area contributed by atoms with Crippen molar-refractivity contribution >= 4 is 29.1 Å². The van der Waals surface area contributed by atoms with Gasteiger partial charge in [0.1, 0.15) is 5.82 Å². The van der Waals surface area contributed by atoms with Crippen LogP contribution in [0.1, 0.15) is 12.8 Å². The minimum absolute atomic E-state index is 0.0352. The molecule has 1 aromatic heterocycles. The fraction of sp³-hybridized carbons (Fsp3) is 0.312. The van der Waals surface area contributed by atoms with E-state index in [1.807, 2.05) is 4.90 Å². The van der Waals surface area contributed by atoms with Crippen molar-refractivity contribution < 1.29 is 9.18 Å². The van der Waals surface area contributed by atoms with Crippen molar-refractivity contribution in [2.24, 2.45) is 5.92 Å². The highest BCUT2D eigenvalue weighted by molar-refractivity contribution is 6.30. The van der Waals surface area contributed by atoms with Crippen LogP contribution in [0.3, 0.4) is 0 Å². The Bertz CT molecular complexity index is 698. The van der Waals surface area contributed by atoms with E-state index in [-0.39, 0.29) is 16.8 Å². The van der Waals surface area contributed by atoms with Crippen molar-refractivity contribution in [1.82, 2.24) is 9.97 Å². The lowest BCUT2D eigenvalue weighted by atomic mass is 9.97. The van der Waals surface area contributed by atoms with Gasteiger partial charge >= 0.3 is 0 Å². The molecular formula is C16H16ClFN4O. The zero-order valence-corrected chi connectivity index (χ0v) is 13.1. The van der Waals surface area contributed by atoms with Gasteiger partial charge in [0.05, 0.1) is 10.9 Å². The standard InChI is InChI=1S/C16H16ClFN4O/c17-13-5-4-12(9-14(13)18)21-15(23)11-3-1-8-22(10-11)16-19-6-2-7-20-16/h2,4-7,9,11H,1,3,8,10H2,(H,21,23). The van der Waals surface area contributed by atoms with Crippen LogP contribution in [0.25, 0.3) is 0 Å². The highest BCUT2D eigenvalue weighted by Crippen LogP contribution is 2.23. The topological polar surface area (TPSA) is 58.1 Å². The van der Waals surface area contributed by atoms with Gasteiger partial charge in [-0.2, -0.15) is 0 Å². The Morgan fingerprint density at radius 3 is 2.87 bits per heavy atom. The molecule has 2 aromatic rings. The second-order valence-corrected chi connectivity index (χ2v) is 5.86. The molecule has 0 spiro atoms. The number of amides is 1. The molecule has 0 radical (unpaired) electrons. The molecule has 0 bridgehead atoms. The Kier molecular flexibility index (Phi) is 4.71. The lowest BCUT2D eigenvalue weighted by Crippen LogP contribution is -2.41. The summed E-state index contributed by atoms with van der Waals surface area (Å²) in [5, 5.41) is 2.78. The average molecular weight is 335 g/mol. The fourth-order valence-electron chi connectivity index (χ4n) is 2.65. The van der Waals surface area contributed by atoms with Crippen molar-refractivity contribution in [3.63, 3.8) is 0 Å². The van der Waals surface area contributed by atoms with Gasteiger partial charge in [-0.1, -0.05) is 11.6 Å². The number of hydrogen-bond donors (Lipinski definition) is 1. The molecule has 3 rings (SSSR count). The Balaban J connectivity index is 1.66. The van der Waals surface area contributed by atoms with Crippen molar-refractivity contribution in [3.8, 4) is 0 Å². The zero-order valence-electron chi connectivity index (χ0n) is 12.4. The van der Waals surface area contributed by atoms with Gasteiger partial charge in [0.15, 0.2) is 0 Å². The van der Waals surface area contributed by atoms with Crippen LogP contribution in [-0.4, -0.2) is 29.0 Å². The molecule has 1 unspecified atom stereocenters. The number of carbonyl (C=O) groups excluding carboxylic acids is 1. The third-order valence-corrected chi connectivity index (χ3v) is 4.12. The third kappa shape index (κ3) is 3.76. The number of rotatable bonds is 3. The molecule has 1 atom stereocenters. The predicted octanol–water partition coefficient (Wildman–Crippen LogP) is 3.12. The summed E-state index contributed by atoms with van der Waals surface area (Å²) in [6.45, 7) is 1.37. The van der Waals surface area contributed by atoms with Gasteiger partial charge in [-0.05, 0) is 37.1 Å².